The van der Waals surface area contributed by atoms with Gasteiger partial charge in [0.1, 0.15) is 4.90 Å². The fourth-order valence-electron chi connectivity index (χ4n) is 1.92. The molecule has 0 aliphatic rings. The van der Waals surface area contributed by atoms with E-state index in [1.165, 1.54) is 13.0 Å². The van der Waals surface area contributed by atoms with Crippen LogP contribution in [-0.2, 0) is 16.3 Å². The van der Waals surface area contributed by atoms with Crippen molar-refractivity contribution in [2.45, 2.75) is 18.0 Å². The number of halogens is 3. The molecular formula is C14H10F3NO5S. The first kappa shape index (κ1) is 17.7. The van der Waals surface area contributed by atoms with Gasteiger partial charge in [-0.3, -0.25) is 10.1 Å². The summed E-state index contributed by atoms with van der Waals surface area (Å²) in [6, 6.07) is 6.83. The number of aryl methyl sites for hydroxylation is 1. The first-order valence-corrected chi connectivity index (χ1v) is 7.79. The van der Waals surface area contributed by atoms with Gasteiger partial charge in [-0.2, -0.15) is 21.6 Å². The molecule has 0 spiro atoms. The molecule has 0 heterocycles. The second-order valence-corrected chi connectivity index (χ2v) is 6.27. The summed E-state index contributed by atoms with van der Waals surface area (Å²) in [7, 11) is -4.92. The van der Waals surface area contributed by atoms with E-state index in [0.717, 1.165) is 30.3 Å². The SMILES string of the molecule is Cc1ccc(OS(=O)(=O)c2ccccc2C(F)(F)F)c([N+](=O)[O-])c1. The standard InChI is InChI=1S/C14H10F3NO5S/c1-9-6-7-12(11(8-9)18(19)20)23-24(21,22)13-5-3-2-4-10(13)14(15,16)17/h2-8H,1H3. The van der Waals surface area contributed by atoms with Crippen molar-refractivity contribution in [2.75, 3.05) is 0 Å². The van der Waals surface area contributed by atoms with Crippen LogP contribution in [0.15, 0.2) is 47.4 Å². The number of nitrogens with zero attached hydrogens (tertiary/aromatic N) is 1. The van der Waals surface area contributed by atoms with E-state index < -0.39 is 43.1 Å². The second kappa shape index (κ2) is 6.11. The van der Waals surface area contributed by atoms with Crippen LogP contribution in [0.5, 0.6) is 5.75 Å². The van der Waals surface area contributed by atoms with E-state index in [-0.39, 0.29) is 0 Å². The minimum Gasteiger partial charge on any atom is -0.372 e. The number of nitro groups is 1. The van der Waals surface area contributed by atoms with E-state index in [2.05, 4.69) is 4.18 Å². The quantitative estimate of drug-likeness (QED) is 0.471. The smallest absolute Gasteiger partial charge is 0.372 e. The van der Waals surface area contributed by atoms with E-state index in [1.807, 2.05) is 0 Å². The molecule has 0 aliphatic carbocycles. The zero-order chi connectivity index (χ0) is 18.1. The Balaban J connectivity index is 2.54. The minimum atomic E-state index is -4.92. The van der Waals surface area contributed by atoms with Crippen molar-refractivity contribution in [2.24, 2.45) is 0 Å². The van der Waals surface area contributed by atoms with Gasteiger partial charge in [-0.1, -0.05) is 18.2 Å². The van der Waals surface area contributed by atoms with Crippen LogP contribution in [0.3, 0.4) is 0 Å². The van der Waals surface area contributed by atoms with Gasteiger partial charge in [0.25, 0.3) is 0 Å². The summed E-state index contributed by atoms with van der Waals surface area (Å²) in [5.74, 6) is -0.664. The highest BCUT2D eigenvalue weighted by Crippen LogP contribution is 2.36. The first-order valence-electron chi connectivity index (χ1n) is 6.38. The van der Waals surface area contributed by atoms with E-state index in [1.54, 1.807) is 0 Å². The highest BCUT2D eigenvalue weighted by atomic mass is 32.2. The maximum Gasteiger partial charge on any atom is 0.417 e. The third-order valence-corrected chi connectivity index (χ3v) is 4.27. The number of rotatable bonds is 4. The summed E-state index contributed by atoms with van der Waals surface area (Å²) in [5, 5.41) is 11.0. The third-order valence-electron chi connectivity index (χ3n) is 2.97. The maximum atomic E-state index is 12.9. The molecule has 2 rings (SSSR count). The topological polar surface area (TPSA) is 86.5 Å². The lowest BCUT2D eigenvalue weighted by atomic mass is 10.2. The fraction of sp³-hybridized carbons (Fsp3) is 0.143. The van der Waals surface area contributed by atoms with Gasteiger partial charge in [-0.15, -0.1) is 0 Å². The average Bonchev–Trinajstić information content (AvgIpc) is 2.48. The molecule has 0 saturated heterocycles. The molecule has 0 atom stereocenters. The Morgan fingerprint density at radius 1 is 1.12 bits per heavy atom. The molecule has 0 aliphatic heterocycles. The van der Waals surface area contributed by atoms with Crippen LogP contribution >= 0.6 is 0 Å². The summed E-state index contributed by atoms with van der Waals surface area (Å²) >= 11 is 0. The van der Waals surface area contributed by atoms with Crippen LogP contribution in [0.2, 0.25) is 0 Å². The fourth-order valence-corrected chi connectivity index (χ4v) is 3.09. The van der Waals surface area contributed by atoms with Crippen molar-refractivity contribution in [1.82, 2.24) is 0 Å². The molecule has 0 N–H and O–H groups in total. The van der Waals surface area contributed by atoms with Crippen molar-refractivity contribution in [3.05, 3.63) is 63.7 Å². The van der Waals surface area contributed by atoms with E-state index in [4.69, 9.17) is 0 Å². The predicted octanol–water partition coefficient (Wildman–Crippen LogP) is 3.69. The van der Waals surface area contributed by atoms with Crippen LogP contribution in [0.1, 0.15) is 11.1 Å². The zero-order valence-corrected chi connectivity index (χ0v) is 12.9. The normalized spacial score (nSPS) is 12.0. The molecule has 0 aromatic heterocycles. The minimum absolute atomic E-state index is 0.460. The predicted molar refractivity (Wildman–Crippen MR) is 77.1 cm³/mol. The second-order valence-electron chi connectivity index (χ2n) is 4.76. The molecule has 0 bridgehead atoms. The Labute approximate surface area is 134 Å². The Kier molecular flexibility index (Phi) is 4.52. The molecule has 2 aromatic rings. The lowest BCUT2D eigenvalue weighted by Crippen LogP contribution is -2.17. The van der Waals surface area contributed by atoms with Crippen molar-refractivity contribution in [3.63, 3.8) is 0 Å². The molecule has 10 heteroatoms. The lowest BCUT2D eigenvalue weighted by Gasteiger charge is -2.13. The van der Waals surface area contributed by atoms with Crippen molar-refractivity contribution < 1.29 is 30.7 Å². The van der Waals surface area contributed by atoms with Crippen LogP contribution < -0.4 is 4.18 Å². The summed E-state index contributed by atoms with van der Waals surface area (Å²) in [4.78, 5) is 8.97. The van der Waals surface area contributed by atoms with Gasteiger partial charge in [-0.05, 0) is 30.7 Å². The summed E-state index contributed by atoms with van der Waals surface area (Å²) in [6.07, 6.45) is -4.92. The molecule has 2 aromatic carbocycles. The van der Waals surface area contributed by atoms with Crippen LogP contribution in [0, 0.1) is 17.0 Å². The molecular weight excluding hydrogens is 351 g/mol. The molecule has 128 valence electrons. The summed E-state index contributed by atoms with van der Waals surface area (Å²) in [6.45, 7) is 1.53. The van der Waals surface area contributed by atoms with Crippen molar-refractivity contribution >= 4 is 15.8 Å². The van der Waals surface area contributed by atoms with Gasteiger partial charge < -0.3 is 4.18 Å². The lowest BCUT2D eigenvalue weighted by molar-refractivity contribution is -0.385. The summed E-state index contributed by atoms with van der Waals surface area (Å²) < 4.78 is 67.8. The van der Waals surface area contributed by atoms with Crippen LogP contribution in [0.25, 0.3) is 0 Å². The van der Waals surface area contributed by atoms with Gasteiger partial charge in [0.05, 0.1) is 10.5 Å². The van der Waals surface area contributed by atoms with Crippen LogP contribution in [-0.4, -0.2) is 13.3 Å². The zero-order valence-electron chi connectivity index (χ0n) is 12.1. The Morgan fingerprint density at radius 2 is 1.75 bits per heavy atom. The number of alkyl halides is 3. The molecule has 0 saturated carbocycles. The Hall–Kier alpha value is -2.62. The van der Waals surface area contributed by atoms with Crippen molar-refractivity contribution in [1.29, 1.82) is 0 Å². The Bertz CT molecular complexity index is 894. The van der Waals surface area contributed by atoms with E-state index >= 15 is 0 Å². The van der Waals surface area contributed by atoms with E-state index in [9.17, 15) is 31.7 Å². The van der Waals surface area contributed by atoms with Crippen LogP contribution in [0.4, 0.5) is 18.9 Å². The highest BCUT2D eigenvalue weighted by Gasteiger charge is 2.38. The largest absolute Gasteiger partial charge is 0.417 e. The average molecular weight is 361 g/mol. The number of nitro benzene ring substituents is 1. The van der Waals surface area contributed by atoms with E-state index in [0.29, 0.717) is 11.6 Å². The number of hydrogen-bond donors (Lipinski definition) is 0. The van der Waals surface area contributed by atoms with Crippen molar-refractivity contribution in [3.8, 4) is 5.75 Å². The first-order chi connectivity index (χ1) is 11.0. The monoisotopic (exact) mass is 361 g/mol. The molecule has 6 nitrogen and oxygen atoms in total. The highest BCUT2D eigenvalue weighted by molar-refractivity contribution is 7.87. The van der Waals surface area contributed by atoms with Gasteiger partial charge in [-0.25, -0.2) is 0 Å². The number of benzene rings is 2. The molecule has 0 unspecified atom stereocenters. The van der Waals surface area contributed by atoms with Gasteiger partial charge in [0.15, 0.2) is 0 Å². The third kappa shape index (κ3) is 3.65. The Morgan fingerprint density at radius 3 is 2.33 bits per heavy atom. The molecule has 0 amide bonds. The maximum absolute atomic E-state index is 12.9. The summed E-state index contributed by atoms with van der Waals surface area (Å²) in [5.41, 5.74) is -1.62. The molecule has 0 fully saturated rings. The van der Waals surface area contributed by atoms with Gasteiger partial charge in [0.2, 0.25) is 5.75 Å². The number of hydrogen-bond acceptors (Lipinski definition) is 5. The van der Waals surface area contributed by atoms with Gasteiger partial charge in [0, 0.05) is 6.07 Å². The molecule has 24 heavy (non-hydrogen) atoms. The molecule has 0 radical (unpaired) electrons. The van der Waals surface area contributed by atoms with Gasteiger partial charge >= 0.3 is 22.0 Å².